The average Bonchev–Trinajstić information content (AvgIpc) is 3.20. The van der Waals surface area contributed by atoms with Gasteiger partial charge in [0.2, 0.25) is 5.91 Å². The fourth-order valence-electron chi connectivity index (χ4n) is 3.19. The van der Waals surface area contributed by atoms with Crippen LogP contribution in [-0.4, -0.2) is 57.3 Å². The van der Waals surface area contributed by atoms with Crippen LogP contribution < -0.4 is 15.4 Å². The van der Waals surface area contributed by atoms with Gasteiger partial charge < -0.3 is 20.1 Å². The fourth-order valence-corrected chi connectivity index (χ4v) is 3.19. The lowest BCUT2D eigenvalue weighted by Gasteiger charge is -2.12. The molecule has 3 rings (SSSR count). The molecule has 0 saturated heterocycles. The molecule has 11 nitrogen and oxygen atoms in total. The third-order valence-corrected chi connectivity index (χ3v) is 4.86. The molecular formula is C25H28N6O5. The maximum atomic E-state index is 12.4. The van der Waals surface area contributed by atoms with Gasteiger partial charge in [-0.1, -0.05) is 12.1 Å². The van der Waals surface area contributed by atoms with Crippen molar-refractivity contribution >= 4 is 29.7 Å². The Labute approximate surface area is 208 Å². The van der Waals surface area contributed by atoms with Gasteiger partial charge >= 0.3 is 5.97 Å². The van der Waals surface area contributed by atoms with Crippen molar-refractivity contribution in [2.24, 2.45) is 0 Å². The first-order valence-corrected chi connectivity index (χ1v) is 11.1. The van der Waals surface area contributed by atoms with Gasteiger partial charge in [-0.15, -0.1) is 0 Å². The van der Waals surface area contributed by atoms with E-state index in [0.717, 1.165) is 17.0 Å². The van der Waals surface area contributed by atoms with Crippen LogP contribution in [0.1, 0.15) is 29.6 Å². The van der Waals surface area contributed by atoms with Gasteiger partial charge in [0, 0.05) is 23.5 Å². The van der Waals surface area contributed by atoms with Gasteiger partial charge in [0.05, 0.1) is 12.8 Å². The minimum atomic E-state index is -0.956. The quantitative estimate of drug-likeness (QED) is 0.343. The first-order chi connectivity index (χ1) is 17.1. The summed E-state index contributed by atoms with van der Waals surface area (Å²) in [5.74, 6) is -0.455. The molecular weight excluding hydrogens is 464 g/mol. The summed E-state index contributed by atoms with van der Waals surface area (Å²) in [4.78, 5) is 45.5. The van der Waals surface area contributed by atoms with E-state index in [1.807, 2.05) is 19.9 Å². The Hall–Kier alpha value is -4.54. The number of amides is 2. The molecule has 2 heterocycles. The van der Waals surface area contributed by atoms with E-state index in [-0.39, 0.29) is 0 Å². The molecule has 0 saturated carbocycles. The summed E-state index contributed by atoms with van der Waals surface area (Å²) >= 11 is 0. The summed E-state index contributed by atoms with van der Waals surface area (Å²) in [5, 5.41) is 9.48. The van der Waals surface area contributed by atoms with Crippen molar-refractivity contribution in [3.63, 3.8) is 0 Å². The number of nitrogens with one attached hydrogen (secondary N) is 2. The molecule has 2 amide bonds. The number of aromatic nitrogens is 4. The van der Waals surface area contributed by atoms with E-state index in [1.54, 1.807) is 50.4 Å². The molecule has 188 valence electrons. The fraction of sp³-hybridized carbons (Fsp3) is 0.280. The van der Waals surface area contributed by atoms with Crippen LogP contribution in [0, 0.1) is 20.8 Å². The van der Waals surface area contributed by atoms with Crippen molar-refractivity contribution in [3.8, 4) is 11.7 Å². The molecule has 36 heavy (non-hydrogen) atoms. The average molecular weight is 493 g/mol. The lowest BCUT2D eigenvalue weighted by molar-refractivity contribution is -0.149. The van der Waals surface area contributed by atoms with E-state index in [9.17, 15) is 14.4 Å². The molecule has 0 fully saturated rings. The normalized spacial score (nSPS) is 11.7. The van der Waals surface area contributed by atoms with Gasteiger partial charge in [-0.3, -0.25) is 9.59 Å². The number of carbonyl (C=O) groups is 3. The zero-order valence-electron chi connectivity index (χ0n) is 20.7. The smallest absolute Gasteiger partial charge is 0.328 e. The Morgan fingerprint density at radius 2 is 1.69 bits per heavy atom. The van der Waals surface area contributed by atoms with Crippen LogP contribution >= 0.6 is 0 Å². The van der Waals surface area contributed by atoms with Gasteiger partial charge in [0.1, 0.15) is 17.6 Å². The molecule has 0 spiro atoms. The van der Waals surface area contributed by atoms with Crippen LogP contribution in [0.2, 0.25) is 0 Å². The maximum Gasteiger partial charge on any atom is 0.328 e. The van der Waals surface area contributed by atoms with E-state index in [1.165, 1.54) is 17.7 Å². The number of hydrogen-bond donors (Lipinski definition) is 2. The summed E-state index contributed by atoms with van der Waals surface area (Å²) in [6.07, 6.45) is 2.90. The lowest BCUT2D eigenvalue weighted by Crippen LogP contribution is -2.39. The van der Waals surface area contributed by atoms with Crippen LogP contribution in [-0.2, 0) is 19.1 Å². The minimum absolute atomic E-state index is 0.312. The van der Waals surface area contributed by atoms with Crippen molar-refractivity contribution in [2.45, 2.75) is 33.7 Å². The molecule has 0 aliphatic rings. The van der Waals surface area contributed by atoms with Crippen molar-refractivity contribution < 1.29 is 23.9 Å². The molecule has 2 aromatic heterocycles. The number of esters is 1. The highest BCUT2D eigenvalue weighted by molar-refractivity contribution is 5.95. The Balaban J connectivity index is 1.52. The van der Waals surface area contributed by atoms with Crippen LogP contribution in [0.4, 0.5) is 5.82 Å². The highest BCUT2D eigenvalue weighted by atomic mass is 16.5. The first kappa shape index (κ1) is 26.1. The maximum absolute atomic E-state index is 12.4. The topological polar surface area (TPSA) is 137 Å². The summed E-state index contributed by atoms with van der Waals surface area (Å²) in [6, 6.07) is 9.64. The number of methoxy groups -OCH3 is 1. The SMILES string of the molecule is COc1ccc(/C=C/C(=O)N[C@@H](C)C(=O)OCC(=O)Nc2cc(C)nn2-c2nc(C)cc(C)n2)cc1. The minimum Gasteiger partial charge on any atom is -0.497 e. The second-order valence-electron chi connectivity index (χ2n) is 8.03. The van der Waals surface area contributed by atoms with Gasteiger partial charge in [0.25, 0.3) is 11.9 Å². The number of nitrogens with zero attached hydrogens (tertiary/aromatic N) is 4. The van der Waals surface area contributed by atoms with Crippen molar-refractivity contribution in [2.75, 3.05) is 19.0 Å². The van der Waals surface area contributed by atoms with Crippen molar-refractivity contribution in [3.05, 3.63) is 65.1 Å². The molecule has 0 unspecified atom stereocenters. The summed E-state index contributed by atoms with van der Waals surface area (Å²) in [5.41, 5.74) is 2.95. The summed E-state index contributed by atoms with van der Waals surface area (Å²) < 4.78 is 11.6. The molecule has 0 aliphatic carbocycles. The predicted octanol–water partition coefficient (Wildman–Crippen LogP) is 2.30. The Kier molecular flexibility index (Phi) is 8.50. The van der Waals surface area contributed by atoms with E-state index < -0.39 is 30.4 Å². The molecule has 2 N–H and O–H groups in total. The molecule has 1 atom stereocenters. The molecule has 1 aromatic carbocycles. The van der Waals surface area contributed by atoms with Crippen LogP contribution in [0.15, 0.2) is 42.5 Å². The monoisotopic (exact) mass is 492 g/mol. The molecule has 0 bridgehead atoms. The zero-order valence-corrected chi connectivity index (χ0v) is 20.7. The summed E-state index contributed by atoms with van der Waals surface area (Å²) in [7, 11) is 1.57. The standard InChI is InChI=1S/C25H28N6O5/c1-15-12-16(2)27-25(26-15)31-21(13-17(3)30-31)29-23(33)14-36-24(34)18(4)28-22(32)11-8-19-6-9-20(35-5)10-7-19/h6-13,18H,14H2,1-5H3,(H,28,32)(H,29,33)/b11-8+/t18-/m0/s1. The zero-order chi connectivity index (χ0) is 26.2. The predicted molar refractivity (Wildman–Crippen MR) is 133 cm³/mol. The third kappa shape index (κ3) is 7.23. The number of anilines is 1. The lowest BCUT2D eigenvalue weighted by atomic mass is 10.2. The van der Waals surface area contributed by atoms with E-state index in [4.69, 9.17) is 9.47 Å². The van der Waals surface area contributed by atoms with Crippen molar-refractivity contribution in [1.29, 1.82) is 0 Å². The molecule has 3 aromatic rings. The molecule has 0 radical (unpaired) electrons. The van der Waals surface area contributed by atoms with E-state index >= 15 is 0 Å². The van der Waals surface area contributed by atoms with Gasteiger partial charge in [-0.05, 0) is 57.5 Å². The highest BCUT2D eigenvalue weighted by Gasteiger charge is 2.19. The number of rotatable bonds is 9. The van der Waals surface area contributed by atoms with Gasteiger partial charge in [0.15, 0.2) is 6.61 Å². The number of benzene rings is 1. The molecule has 0 aliphatic heterocycles. The number of hydrogen-bond acceptors (Lipinski definition) is 8. The van der Waals surface area contributed by atoms with E-state index in [0.29, 0.717) is 23.2 Å². The molecule has 11 heteroatoms. The number of aryl methyl sites for hydroxylation is 3. The first-order valence-electron chi connectivity index (χ1n) is 11.1. The number of carbonyl (C=O) groups excluding carboxylic acids is 3. The van der Waals surface area contributed by atoms with Crippen LogP contribution in [0.25, 0.3) is 12.0 Å². The Morgan fingerprint density at radius 1 is 1.03 bits per heavy atom. The second-order valence-corrected chi connectivity index (χ2v) is 8.03. The van der Waals surface area contributed by atoms with Crippen molar-refractivity contribution in [1.82, 2.24) is 25.1 Å². The number of ether oxygens (including phenoxy) is 2. The third-order valence-electron chi connectivity index (χ3n) is 4.86. The van der Waals surface area contributed by atoms with Gasteiger partial charge in [-0.25, -0.2) is 14.8 Å². The largest absolute Gasteiger partial charge is 0.497 e. The van der Waals surface area contributed by atoms with E-state index in [2.05, 4.69) is 25.7 Å². The Bertz CT molecular complexity index is 1260. The summed E-state index contributed by atoms with van der Waals surface area (Å²) in [6.45, 7) is 6.36. The second kappa shape index (κ2) is 11.7. The Morgan fingerprint density at radius 3 is 2.33 bits per heavy atom. The van der Waals surface area contributed by atoms with Gasteiger partial charge in [-0.2, -0.15) is 9.78 Å². The highest BCUT2D eigenvalue weighted by Crippen LogP contribution is 2.15. The van der Waals surface area contributed by atoms with Crippen LogP contribution in [0.5, 0.6) is 5.75 Å². The van der Waals surface area contributed by atoms with Crippen LogP contribution in [0.3, 0.4) is 0 Å².